The first-order valence-corrected chi connectivity index (χ1v) is 14.3. The van der Waals surface area contributed by atoms with Gasteiger partial charge in [-0.3, -0.25) is 9.68 Å². The van der Waals surface area contributed by atoms with Crippen LogP contribution in [0.2, 0.25) is 0 Å². The molecule has 5 nitrogen and oxygen atoms in total. The fourth-order valence-corrected chi connectivity index (χ4v) is 5.75. The van der Waals surface area contributed by atoms with Crippen LogP contribution in [-0.2, 0) is 9.68 Å². The molecule has 0 saturated heterocycles. The van der Waals surface area contributed by atoms with Gasteiger partial charge in [-0.2, -0.15) is 11.0 Å². The number of hydroxylamine groups is 2. The summed E-state index contributed by atoms with van der Waals surface area (Å²) in [5, 5.41) is 10.7. The minimum atomic E-state index is -0.300. The summed E-state index contributed by atoms with van der Waals surface area (Å²) in [4.78, 5) is 12.7. The van der Waals surface area contributed by atoms with Gasteiger partial charge in [0.25, 0.3) is 0 Å². The first-order chi connectivity index (χ1) is 15.8. The molecule has 3 saturated carbocycles. The maximum Gasteiger partial charge on any atom is 0.0965 e. The Balaban J connectivity index is 1.53. The quantitative estimate of drug-likeness (QED) is 0.402. The molecule has 188 valence electrons. The molecular formula is C27H52N2O3. The number of nitrogens with one attached hydrogen (secondary N) is 2. The molecule has 3 N–H and O–H groups in total. The predicted molar refractivity (Wildman–Crippen MR) is 131 cm³/mol. The zero-order chi connectivity index (χ0) is 22.3. The highest BCUT2D eigenvalue weighted by Crippen LogP contribution is 2.23. The van der Waals surface area contributed by atoms with Crippen molar-refractivity contribution in [2.75, 3.05) is 0 Å². The lowest BCUT2D eigenvalue weighted by atomic mass is 10.0. The highest BCUT2D eigenvalue weighted by Gasteiger charge is 2.27. The SMILES string of the molecule is O[C@H]1CCCCCCC[C@@H]1NO[C@H]1CCCCCCC[C@H]1NOC1CCCCCCCC1. The Kier molecular flexibility index (Phi) is 13.6. The summed E-state index contributed by atoms with van der Waals surface area (Å²) in [7, 11) is 0. The van der Waals surface area contributed by atoms with Crippen LogP contribution in [0.3, 0.4) is 0 Å². The van der Waals surface area contributed by atoms with E-state index in [0.717, 1.165) is 32.1 Å². The Labute approximate surface area is 197 Å². The van der Waals surface area contributed by atoms with Crippen LogP contribution in [0.15, 0.2) is 0 Å². The summed E-state index contributed by atoms with van der Waals surface area (Å²) >= 11 is 0. The summed E-state index contributed by atoms with van der Waals surface area (Å²) in [6.07, 6.45) is 27.1. The van der Waals surface area contributed by atoms with E-state index in [0.29, 0.717) is 6.10 Å². The molecule has 0 unspecified atom stereocenters. The van der Waals surface area contributed by atoms with Crippen molar-refractivity contribution in [1.82, 2.24) is 11.0 Å². The van der Waals surface area contributed by atoms with Crippen LogP contribution in [0.1, 0.15) is 141 Å². The van der Waals surface area contributed by atoms with E-state index < -0.39 is 0 Å². The fourth-order valence-electron chi connectivity index (χ4n) is 5.75. The molecule has 0 aromatic carbocycles. The summed E-state index contributed by atoms with van der Waals surface area (Å²) in [6, 6.07) is 0.276. The Hall–Kier alpha value is -0.200. The maximum atomic E-state index is 10.7. The lowest BCUT2D eigenvalue weighted by molar-refractivity contribution is -0.127. The zero-order valence-electron chi connectivity index (χ0n) is 20.7. The lowest BCUT2D eigenvalue weighted by Crippen LogP contribution is -2.48. The molecule has 32 heavy (non-hydrogen) atoms. The van der Waals surface area contributed by atoms with Crippen LogP contribution in [0, 0.1) is 0 Å². The molecule has 3 aliphatic carbocycles. The van der Waals surface area contributed by atoms with E-state index in [4.69, 9.17) is 9.68 Å². The number of aliphatic hydroxyl groups is 1. The van der Waals surface area contributed by atoms with Gasteiger partial charge in [-0.05, 0) is 38.5 Å². The van der Waals surface area contributed by atoms with E-state index in [-0.39, 0.29) is 24.3 Å². The zero-order valence-corrected chi connectivity index (χ0v) is 20.7. The van der Waals surface area contributed by atoms with E-state index in [1.165, 1.54) is 109 Å². The van der Waals surface area contributed by atoms with Crippen LogP contribution >= 0.6 is 0 Å². The molecule has 3 aliphatic rings. The van der Waals surface area contributed by atoms with Crippen LogP contribution in [-0.4, -0.2) is 35.5 Å². The van der Waals surface area contributed by atoms with Crippen LogP contribution in [0.5, 0.6) is 0 Å². The lowest BCUT2D eigenvalue weighted by Gasteiger charge is -2.32. The van der Waals surface area contributed by atoms with Crippen molar-refractivity contribution in [3.63, 3.8) is 0 Å². The average Bonchev–Trinajstić information content (AvgIpc) is 3.05. The number of rotatable bonds is 6. The third-order valence-electron chi connectivity index (χ3n) is 7.99. The van der Waals surface area contributed by atoms with Crippen LogP contribution in [0.4, 0.5) is 0 Å². The summed E-state index contributed by atoms with van der Waals surface area (Å²) in [5.74, 6) is 0. The standard InChI is InChI=1S/C27H52N2O3/c30-26-21-15-9-3-7-13-19-24(26)28-32-27-22-16-10-4-8-14-20-25(27)29-31-23-17-11-5-1-2-6-12-18-23/h23-30H,1-22H2/t24-,25+,26-,27-/m0/s1. The Morgan fingerprint density at radius 3 is 1.50 bits per heavy atom. The van der Waals surface area contributed by atoms with Crippen molar-refractivity contribution in [3.05, 3.63) is 0 Å². The molecule has 4 atom stereocenters. The van der Waals surface area contributed by atoms with E-state index in [2.05, 4.69) is 11.0 Å². The maximum absolute atomic E-state index is 10.7. The second-order valence-corrected chi connectivity index (χ2v) is 10.8. The monoisotopic (exact) mass is 452 g/mol. The number of hydrogen-bond acceptors (Lipinski definition) is 5. The van der Waals surface area contributed by atoms with Crippen LogP contribution < -0.4 is 11.0 Å². The molecular weight excluding hydrogens is 400 g/mol. The highest BCUT2D eigenvalue weighted by atomic mass is 16.7. The summed E-state index contributed by atoms with van der Waals surface area (Å²) < 4.78 is 0. The third-order valence-corrected chi connectivity index (χ3v) is 7.99. The van der Waals surface area contributed by atoms with Gasteiger partial charge in [0.2, 0.25) is 0 Å². The Bertz CT molecular complexity index is 454. The molecule has 0 spiro atoms. The van der Waals surface area contributed by atoms with Crippen molar-refractivity contribution < 1.29 is 14.8 Å². The van der Waals surface area contributed by atoms with Gasteiger partial charge < -0.3 is 5.11 Å². The van der Waals surface area contributed by atoms with Gasteiger partial charge in [-0.1, -0.05) is 103 Å². The molecule has 0 bridgehead atoms. The van der Waals surface area contributed by atoms with Gasteiger partial charge in [-0.15, -0.1) is 0 Å². The summed E-state index contributed by atoms with van der Waals surface area (Å²) in [6.45, 7) is 0. The topological polar surface area (TPSA) is 62.8 Å². The molecule has 0 heterocycles. The molecule has 0 aliphatic heterocycles. The number of hydrogen-bond donors (Lipinski definition) is 3. The Morgan fingerprint density at radius 1 is 0.438 bits per heavy atom. The largest absolute Gasteiger partial charge is 0.391 e. The first-order valence-electron chi connectivity index (χ1n) is 14.3. The molecule has 3 fully saturated rings. The van der Waals surface area contributed by atoms with Crippen molar-refractivity contribution in [2.24, 2.45) is 0 Å². The second kappa shape index (κ2) is 16.4. The molecule has 0 aromatic heterocycles. The molecule has 3 rings (SSSR count). The number of aliphatic hydroxyl groups excluding tert-OH is 1. The highest BCUT2D eigenvalue weighted by molar-refractivity contribution is 4.79. The van der Waals surface area contributed by atoms with Gasteiger partial charge in [0, 0.05) is 0 Å². The predicted octanol–water partition coefficient (Wildman–Crippen LogP) is 6.49. The van der Waals surface area contributed by atoms with E-state index in [1.54, 1.807) is 0 Å². The van der Waals surface area contributed by atoms with Gasteiger partial charge in [-0.25, -0.2) is 0 Å². The van der Waals surface area contributed by atoms with Gasteiger partial charge >= 0.3 is 0 Å². The molecule has 0 amide bonds. The fraction of sp³-hybridized carbons (Fsp3) is 1.00. The molecule has 0 aromatic rings. The van der Waals surface area contributed by atoms with Crippen molar-refractivity contribution in [1.29, 1.82) is 0 Å². The Morgan fingerprint density at radius 2 is 0.875 bits per heavy atom. The summed E-state index contributed by atoms with van der Waals surface area (Å²) in [5.41, 5.74) is 6.86. The molecule has 5 heteroatoms. The van der Waals surface area contributed by atoms with Crippen LogP contribution in [0.25, 0.3) is 0 Å². The first kappa shape index (κ1) is 26.4. The smallest absolute Gasteiger partial charge is 0.0965 e. The minimum absolute atomic E-state index is 0.0525. The minimum Gasteiger partial charge on any atom is -0.391 e. The van der Waals surface area contributed by atoms with Gasteiger partial charge in [0.15, 0.2) is 0 Å². The van der Waals surface area contributed by atoms with E-state index >= 15 is 0 Å². The normalized spacial score (nSPS) is 33.3. The third kappa shape index (κ3) is 10.4. The molecule has 0 radical (unpaired) electrons. The van der Waals surface area contributed by atoms with Crippen molar-refractivity contribution >= 4 is 0 Å². The van der Waals surface area contributed by atoms with E-state index in [1.807, 2.05) is 0 Å². The van der Waals surface area contributed by atoms with Crippen molar-refractivity contribution in [3.8, 4) is 0 Å². The van der Waals surface area contributed by atoms with Crippen molar-refractivity contribution in [2.45, 2.75) is 172 Å². The van der Waals surface area contributed by atoms with E-state index in [9.17, 15) is 5.11 Å². The van der Waals surface area contributed by atoms with Gasteiger partial charge in [0.05, 0.1) is 30.4 Å². The van der Waals surface area contributed by atoms with Gasteiger partial charge in [0.1, 0.15) is 0 Å². The average molecular weight is 453 g/mol. The second-order valence-electron chi connectivity index (χ2n) is 10.8.